The Balaban J connectivity index is 2.10. The number of halogens is 1. The third-order valence-corrected chi connectivity index (χ3v) is 4.87. The van der Waals surface area contributed by atoms with E-state index in [0.29, 0.717) is 11.1 Å². The van der Waals surface area contributed by atoms with Crippen molar-refractivity contribution in [2.75, 3.05) is 4.72 Å². The van der Waals surface area contributed by atoms with Gasteiger partial charge in [0.2, 0.25) is 0 Å². The minimum absolute atomic E-state index is 0.0231. The summed E-state index contributed by atoms with van der Waals surface area (Å²) in [6.07, 6.45) is 1.60. The van der Waals surface area contributed by atoms with Gasteiger partial charge >= 0.3 is 0 Å². The van der Waals surface area contributed by atoms with Crippen LogP contribution in [0.5, 0.6) is 0 Å². The summed E-state index contributed by atoms with van der Waals surface area (Å²) in [7, 11) is -3.94. The number of nitrogens with zero attached hydrogens (tertiary/aromatic N) is 1. The summed E-state index contributed by atoms with van der Waals surface area (Å²) in [6, 6.07) is 11.1. The Morgan fingerprint density at radius 3 is 2.57 bits per heavy atom. The second kappa shape index (κ2) is 5.62. The van der Waals surface area contributed by atoms with E-state index >= 15 is 0 Å². The Labute approximate surface area is 134 Å². The number of hydrogen-bond acceptors (Lipinski definition) is 3. The van der Waals surface area contributed by atoms with Crippen LogP contribution in [0.4, 0.5) is 10.1 Å². The van der Waals surface area contributed by atoms with Crippen molar-refractivity contribution < 1.29 is 12.8 Å². The summed E-state index contributed by atoms with van der Waals surface area (Å²) in [5.74, 6) is -0.613. The Morgan fingerprint density at radius 1 is 1.04 bits per heavy atom. The van der Waals surface area contributed by atoms with Crippen molar-refractivity contribution >= 4 is 26.6 Å². The largest absolute Gasteiger partial charge is 0.277 e. The molecule has 0 aliphatic rings. The fraction of sp³-hybridized carbons (Fsp3) is 0.118. The van der Waals surface area contributed by atoms with Crippen LogP contribution in [0.3, 0.4) is 0 Å². The topological polar surface area (TPSA) is 59.1 Å². The first-order valence-corrected chi connectivity index (χ1v) is 8.49. The average Bonchev–Trinajstić information content (AvgIpc) is 2.49. The predicted octanol–water partition coefficient (Wildman–Crippen LogP) is 3.79. The van der Waals surface area contributed by atoms with E-state index in [1.54, 1.807) is 31.3 Å². The standard InChI is InChI=1S/C17H15FN2O2S/c1-11-6-7-15(14(18)9-11)20-23(21,22)16-5-3-4-13-8-12(2)10-19-17(13)16/h3-10,20H,1-2H3. The molecule has 0 bridgehead atoms. The van der Waals surface area contributed by atoms with Gasteiger partial charge in [-0.3, -0.25) is 9.71 Å². The van der Waals surface area contributed by atoms with E-state index in [-0.39, 0.29) is 10.6 Å². The van der Waals surface area contributed by atoms with Crippen molar-refractivity contribution in [3.05, 3.63) is 65.6 Å². The SMILES string of the molecule is Cc1ccc(NS(=O)(=O)c2cccc3cc(C)cnc23)c(F)c1. The summed E-state index contributed by atoms with van der Waals surface area (Å²) in [4.78, 5) is 4.24. The van der Waals surface area contributed by atoms with Crippen LogP contribution in [0.1, 0.15) is 11.1 Å². The summed E-state index contributed by atoms with van der Waals surface area (Å²) < 4.78 is 41.5. The first-order chi connectivity index (χ1) is 10.9. The monoisotopic (exact) mass is 330 g/mol. The molecule has 0 aliphatic carbocycles. The molecule has 0 saturated heterocycles. The van der Waals surface area contributed by atoms with Crippen molar-refractivity contribution in [2.45, 2.75) is 18.7 Å². The van der Waals surface area contributed by atoms with E-state index < -0.39 is 15.8 Å². The van der Waals surface area contributed by atoms with Crippen molar-refractivity contribution in [2.24, 2.45) is 0 Å². The summed E-state index contributed by atoms with van der Waals surface area (Å²) >= 11 is 0. The number of nitrogens with one attached hydrogen (secondary N) is 1. The third-order valence-electron chi connectivity index (χ3n) is 3.47. The highest BCUT2D eigenvalue weighted by atomic mass is 32.2. The fourth-order valence-electron chi connectivity index (χ4n) is 2.36. The Kier molecular flexibility index (Phi) is 3.77. The predicted molar refractivity (Wildman–Crippen MR) is 88.4 cm³/mol. The molecule has 0 unspecified atom stereocenters. The van der Waals surface area contributed by atoms with Crippen LogP contribution in [-0.4, -0.2) is 13.4 Å². The average molecular weight is 330 g/mol. The van der Waals surface area contributed by atoms with Gasteiger partial charge in [0.25, 0.3) is 10.0 Å². The Bertz CT molecular complexity index is 1000. The van der Waals surface area contributed by atoms with Gasteiger partial charge < -0.3 is 0 Å². The molecule has 0 saturated carbocycles. The fourth-order valence-corrected chi connectivity index (χ4v) is 3.61. The highest BCUT2D eigenvalue weighted by Crippen LogP contribution is 2.25. The molecule has 0 amide bonds. The molecule has 3 rings (SSSR count). The van der Waals surface area contributed by atoms with E-state index in [0.717, 1.165) is 10.9 Å². The van der Waals surface area contributed by atoms with E-state index in [9.17, 15) is 12.8 Å². The first kappa shape index (κ1) is 15.4. The molecule has 6 heteroatoms. The molecule has 0 aliphatic heterocycles. The smallest absolute Gasteiger partial charge is 0.264 e. The molecule has 4 nitrogen and oxygen atoms in total. The van der Waals surface area contributed by atoms with Gasteiger partial charge in [-0.05, 0) is 49.2 Å². The maximum absolute atomic E-state index is 13.9. The van der Waals surface area contributed by atoms with Gasteiger partial charge in [0.15, 0.2) is 0 Å². The van der Waals surface area contributed by atoms with E-state index in [2.05, 4.69) is 9.71 Å². The van der Waals surface area contributed by atoms with Crippen LogP contribution in [0.15, 0.2) is 53.6 Å². The number of hydrogen-bond donors (Lipinski definition) is 1. The Hall–Kier alpha value is -2.47. The minimum Gasteiger partial charge on any atom is -0.277 e. The van der Waals surface area contributed by atoms with E-state index in [1.165, 1.54) is 18.2 Å². The van der Waals surface area contributed by atoms with Crippen LogP contribution in [0, 0.1) is 19.7 Å². The number of benzene rings is 2. The maximum atomic E-state index is 13.9. The lowest BCUT2D eigenvalue weighted by molar-refractivity contribution is 0.599. The number of rotatable bonds is 3. The zero-order valence-corrected chi connectivity index (χ0v) is 13.5. The molecule has 3 aromatic rings. The van der Waals surface area contributed by atoms with Gasteiger partial charge in [0.05, 0.1) is 11.2 Å². The van der Waals surface area contributed by atoms with Gasteiger partial charge in [-0.25, -0.2) is 12.8 Å². The zero-order chi connectivity index (χ0) is 16.6. The van der Waals surface area contributed by atoms with Crippen LogP contribution >= 0.6 is 0 Å². The third kappa shape index (κ3) is 3.03. The molecule has 0 fully saturated rings. The molecule has 0 radical (unpaired) electrons. The molecule has 118 valence electrons. The van der Waals surface area contributed by atoms with Gasteiger partial charge in [-0.15, -0.1) is 0 Å². The number of para-hydroxylation sites is 1. The molecule has 1 aromatic heterocycles. The molecule has 23 heavy (non-hydrogen) atoms. The maximum Gasteiger partial charge on any atom is 0.264 e. The highest BCUT2D eigenvalue weighted by Gasteiger charge is 2.20. The molecule has 1 heterocycles. The Morgan fingerprint density at radius 2 is 1.83 bits per heavy atom. The second-order valence-electron chi connectivity index (χ2n) is 5.43. The number of sulfonamides is 1. The van der Waals surface area contributed by atoms with E-state index in [4.69, 9.17) is 0 Å². The quantitative estimate of drug-likeness (QED) is 0.795. The normalized spacial score (nSPS) is 11.6. The second-order valence-corrected chi connectivity index (χ2v) is 7.08. The number of pyridine rings is 1. The van der Waals surface area contributed by atoms with Crippen LogP contribution in [0.25, 0.3) is 10.9 Å². The number of anilines is 1. The van der Waals surface area contributed by atoms with Crippen LogP contribution in [-0.2, 0) is 10.0 Å². The van der Waals surface area contributed by atoms with Gasteiger partial charge in [-0.2, -0.15) is 0 Å². The molecular formula is C17H15FN2O2S. The minimum atomic E-state index is -3.94. The van der Waals surface area contributed by atoms with E-state index in [1.807, 2.05) is 13.0 Å². The molecule has 2 aromatic carbocycles. The van der Waals surface area contributed by atoms with Gasteiger partial charge in [0, 0.05) is 11.6 Å². The summed E-state index contributed by atoms with van der Waals surface area (Å²) in [5, 5.41) is 0.720. The van der Waals surface area contributed by atoms with Crippen LogP contribution < -0.4 is 4.72 Å². The van der Waals surface area contributed by atoms with Crippen molar-refractivity contribution in [3.8, 4) is 0 Å². The molecule has 0 spiro atoms. The van der Waals surface area contributed by atoms with Gasteiger partial charge in [-0.1, -0.05) is 18.2 Å². The molecular weight excluding hydrogens is 315 g/mol. The highest BCUT2D eigenvalue weighted by molar-refractivity contribution is 7.93. The number of aromatic nitrogens is 1. The van der Waals surface area contributed by atoms with Crippen LogP contribution in [0.2, 0.25) is 0 Å². The van der Waals surface area contributed by atoms with Crippen molar-refractivity contribution in [1.82, 2.24) is 4.98 Å². The zero-order valence-electron chi connectivity index (χ0n) is 12.7. The summed E-state index contributed by atoms with van der Waals surface area (Å²) in [6.45, 7) is 3.62. The number of fused-ring (bicyclic) bond motifs is 1. The van der Waals surface area contributed by atoms with Crippen molar-refractivity contribution in [3.63, 3.8) is 0 Å². The molecule has 1 N–H and O–H groups in total. The lowest BCUT2D eigenvalue weighted by atomic mass is 10.2. The summed E-state index contributed by atoms with van der Waals surface area (Å²) in [5.41, 5.74) is 1.93. The lowest BCUT2D eigenvalue weighted by Crippen LogP contribution is -2.14. The van der Waals surface area contributed by atoms with Gasteiger partial charge in [0.1, 0.15) is 10.7 Å². The first-order valence-electron chi connectivity index (χ1n) is 7.01. The van der Waals surface area contributed by atoms with Crippen molar-refractivity contribution in [1.29, 1.82) is 0 Å². The number of aryl methyl sites for hydroxylation is 2. The molecule has 0 atom stereocenters. The lowest BCUT2D eigenvalue weighted by Gasteiger charge is -2.11.